The standard InChI is InChI=1S/C21H29N3OS/c1-16(2)20-22-19(15-26-20)21(25)23(3)18-10-7-12-24(14-18)13-11-17-8-5-4-6-9-17/h4-6,8-9,15-16,18H,7,10-14H2,1-3H3/t18-/m0/s1. The summed E-state index contributed by atoms with van der Waals surface area (Å²) in [6.45, 7) is 7.36. The van der Waals surface area contributed by atoms with Crippen LogP contribution >= 0.6 is 11.3 Å². The molecule has 0 saturated carbocycles. The zero-order valence-electron chi connectivity index (χ0n) is 16.0. The third kappa shape index (κ3) is 4.71. The number of carbonyl (C=O) groups is 1. The Kier molecular flexibility index (Phi) is 6.43. The fraction of sp³-hybridized carbons (Fsp3) is 0.524. The summed E-state index contributed by atoms with van der Waals surface area (Å²) in [5.41, 5.74) is 1.98. The largest absolute Gasteiger partial charge is 0.336 e. The van der Waals surface area contributed by atoms with Gasteiger partial charge >= 0.3 is 0 Å². The number of hydrogen-bond donors (Lipinski definition) is 0. The number of nitrogens with zero attached hydrogens (tertiary/aromatic N) is 3. The summed E-state index contributed by atoms with van der Waals surface area (Å²) in [6, 6.07) is 10.9. The van der Waals surface area contributed by atoms with Crippen LogP contribution in [0.5, 0.6) is 0 Å². The van der Waals surface area contributed by atoms with Gasteiger partial charge in [-0.1, -0.05) is 44.2 Å². The summed E-state index contributed by atoms with van der Waals surface area (Å²) >= 11 is 1.59. The van der Waals surface area contributed by atoms with Crippen LogP contribution < -0.4 is 0 Å². The number of aromatic nitrogens is 1. The predicted octanol–water partition coefficient (Wildman–Crippen LogP) is 4.05. The van der Waals surface area contributed by atoms with Gasteiger partial charge in [-0.05, 0) is 31.4 Å². The van der Waals surface area contributed by atoms with Crippen LogP contribution in [0.2, 0.25) is 0 Å². The van der Waals surface area contributed by atoms with Gasteiger partial charge in [0.15, 0.2) is 0 Å². The summed E-state index contributed by atoms with van der Waals surface area (Å²) in [5, 5.41) is 2.94. The summed E-state index contributed by atoms with van der Waals surface area (Å²) in [5.74, 6) is 0.429. The molecule has 1 amide bonds. The molecule has 0 unspecified atom stereocenters. The lowest BCUT2D eigenvalue weighted by Gasteiger charge is -2.37. The first-order chi connectivity index (χ1) is 12.5. The van der Waals surface area contributed by atoms with Crippen molar-refractivity contribution in [2.24, 2.45) is 0 Å². The summed E-state index contributed by atoms with van der Waals surface area (Å²) in [6.07, 6.45) is 3.28. The molecule has 1 aromatic heterocycles. The SMILES string of the molecule is CC(C)c1nc(C(=O)N(C)[C@H]2CCCN(CCc3ccccc3)C2)cs1. The van der Waals surface area contributed by atoms with E-state index in [0.717, 1.165) is 43.9 Å². The third-order valence-electron chi connectivity index (χ3n) is 5.14. The zero-order chi connectivity index (χ0) is 18.5. The van der Waals surface area contributed by atoms with Gasteiger partial charge in [0.1, 0.15) is 5.69 Å². The average molecular weight is 372 g/mol. The van der Waals surface area contributed by atoms with Crippen LogP contribution in [0.4, 0.5) is 0 Å². The molecule has 26 heavy (non-hydrogen) atoms. The minimum absolute atomic E-state index is 0.0584. The topological polar surface area (TPSA) is 36.4 Å². The molecule has 4 nitrogen and oxygen atoms in total. The first-order valence-electron chi connectivity index (χ1n) is 9.53. The molecule has 5 heteroatoms. The molecule has 1 aliphatic heterocycles. The lowest BCUT2D eigenvalue weighted by atomic mass is 10.0. The number of likely N-dealkylation sites (N-methyl/N-ethyl adjacent to an activating group) is 1. The molecule has 1 saturated heterocycles. The second-order valence-electron chi connectivity index (χ2n) is 7.47. The van der Waals surface area contributed by atoms with E-state index >= 15 is 0 Å². The van der Waals surface area contributed by atoms with Crippen molar-refractivity contribution in [3.05, 3.63) is 52.0 Å². The number of likely N-dealkylation sites (tertiary alicyclic amines) is 1. The Balaban J connectivity index is 1.56. The van der Waals surface area contributed by atoms with E-state index in [1.54, 1.807) is 11.3 Å². The number of rotatable bonds is 6. The van der Waals surface area contributed by atoms with Crippen LogP contribution in [0.3, 0.4) is 0 Å². The van der Waals surface area contributed by atoms with Crippen molar-refractivity contribution in [3.8, 4) is 0 Å². The van der Waals surface area contributed by atoms with E-state index in [9.17, 15) is 4.79 Å². The maximum Gasteiger partial charge on any atom is 0.273 e. The molecule has 3 rings (SSSR count). The summed E-state index contributed by atoms with van der Waals surface area (Å²) in [4.78, 5) is 21.8. The maximum atomic E-state index is 12.8. The van der Waals surface area contributed by atoms with Gasteiger partial charge in [-0.2, -0.15) is 0 Å². The van der Waals surface area contributed by atoms with E-state index in [1.165, 1.54) is 5.56 Å². The molecule has 0 spiro atoms. The normalized spacial score (nSPS) is 18.2. The molecule has 0 radical (unpaired) electrons. The van der Waals surface area contributed by atoms with Gasteiger partial charge in [0, 0.05) is 37.5 Å². The van der Waals surface area contributed by atoms with Gasteiger partial charge in [-0.25, -0.2) is 4.98 Å². The lowest BCUT2D eigenvalue weighted by Crippen LogP contribution is -2.49. The van der Waals surface area contributed by atoms with E-state index in [1.807, 2.05) is 17.3 Å². The van der Waals surface area contributed by atoms with Crippen LogP contribution in [0.1, 0.15) is 53.7 Å². The van der Waals surface area contributed by atoms with Crippen molar-refractivity contribution in [2.45, 2.75) is 45.1 Å². The quantitative estimate of drug-likeness (QED) is 0.769. The van der Waals surface area contributed by atoms with Gasteiger partial charge in [-0.3, -0.25) is 4.79 Å². The Morgan fingerprint density at radius 2 is 2.12 bits per heavy atom. The van der Waals surface area contributed by atoms with Crippen LogP contribution in [-0.4, -0.2) is 53.4 Å². The third-order valence-corrected chi connectivity index (χ3v) is 6.29. The highest BCUT2D eigenvalue weighted by atomic mass is 32.1. The van der Waals surface area contributed by atoms with Gasteiger partial charge in [-0.15, -0.1) is 11.3 Å². The number of benzene rings is 1. The molecule has 140 valence electrons. The summed E-state index contributed by atoms with van der Waals surface area (Å²) < 4.78 is 0. The molecule has 1 atom stereocenters. The van der Waals surface area contributed by atoms with Crippen molar-refractivity contribution < 1.29 is 4.79 Å². The Labute approximate surface area is 160 Å². The number of hydrogen-bond acceptors (Lipinski definition) is 4. The van der Waals surface area contributed by atoms with Crippen molar-refractivity contribution >= 4 is 17.2 Å². The zero-order valence-corrected chi connectivity index (χ0v) is 16.8. The number of amides is 1. The lowest BCUT2D eigenvalue weighted by molar-refractivity contribution is 0.0614. The predicted molar refractivity (Wildman–Crippen MR) is 108 cm³/mol. The van der Waals surface area contributed by atoms with Crippen molar-refractivity contribution in [1.82, 2.24) is 14.8 Å². The Morgan fingerprint density at radius 1 is 1.35 bits per heavy atom. The first-order valence-corrected chi connectivity index (χ1v) is 10.4. The Hall–Kier alpha value is -1.72. The average Bonchev–Trinajstić information content (AvgIpc) is 3.17. The van der Waals surface area contributed by atoms with Crippen LogP contribution in [0.15, 0.2) is 35.7 Å². The second-order valence-corrected chi connectivity index (χ2v) is 8.36. The van der Waals surface area contributed by atoms with E-state index < -0.39 is 0 Å². The van der Waals surface area contributed by atoms with Crippen molar-refractivity contribution in [2.75, 3.05) is 26.7 Å². The highest BCUT2D eigenvalue weighted by molar-refractivity contribution is 7.09. The van der Waals surface area contributed by atoms with E-state index in [-0.39, 0.29) is 11.9 Å². The van der Waals surface area contributed by atoms with Gasteiger partial charge in [0.25, 0.3) is 5.91 Å². The van der Waals surface area contributed by atoms with Crippen LogP contribution in [-0.2, 0) is 6.42 Å². The molecule has 2 heterocycles. The highest BCUT2D eigenvalue weighted by Crippen LogP contribution is 2.22. The molecule has 0 bridgehead atoms. The van der Waals surface area contributed by atoms with E-state index in [0.29, 0.717) is 11.6 Å². The van der Waals surface area contributed by atoms with E-state index in [2.05, 4.69) is 54.1 Å². The molecule has 0 N–H and O–H groups in total. The Bertz CT molecular complexity index is 713. The minimum atomic E-state index is 0.0584. The number of thiazole rings is 1. The minimum Gasteiger partial charge on any atom is -0.336 e. The highest BCUT2D eigenvalue weighted by Gasteiger charge is 2.27. The Morgan fingerprint density at radius 3 is 2.81 bits per heavy atom. The number of piperidine rings is 1. The monoisotopic (exact) mass is 371 g/mol. The molecule has 1 aliphatic rings. The fourth-order valence-corrected chi connectivity index (χ4v) is 4.29. The van der Waals surface area contributed by atoms with Crippen LogP contribution in [0.25, 0.3) is 0 Å². The number of carbonyl (C=O) groups excluding carboxylic acids is 1. The summed E-state index contributed by atoms with van der Waals surface area (Å²) in [7, 11) is 1.93. The van der Waals surface area contributed by atoms with Gasteiger partial charge in [0.2, 0.25) is 0 Å². The van der Waals surface area contributed by atoms with Gasteiger partial charge < -0.3 is 9.80 Å². The second kappa shape index (κ2) is 8.78. The van der Waals surface area contributed by atoms with Crippen LogP contribution in [0, 0.1) is 0 Å². The fourth-order valence-electron chi connectivity index (χ4n) is 3.48. The van der Waals surface area contributed by atoms with Crippen molar-refractivity contribution in [3.63, 3.8) is 0 Å². The first kappa shape index (κ1) is 19.1. The smallest absolute Gasteiger partial charge is 0.273 e. The molecular weight excluding hydrogens is 342 g/mol. The molecular formula is C21H29N3OS. The van der Waals surface area contributed by atoms with E-state index in [4.69, 9.17) is 0 Å². The van der Waals surface area contributed by atoms with Gasteiger partial charge in [0.05, 0.1) is 5.01 Å². The molecule has 1 fully saturated rings. The molecule has 1 aromatic carbocycles. The van der Waals surface area contributed by atoms with Crippen molar-refractivity contribution in [1.29, 1.82) is 0 Å². The maximum absolute atomic E-state index is 12.8. The molecule has 2 aromatic rings. The molecule has 0 aliphatic carbocycles.